The molecular weight excluding hydrogens is 250 g/mol. The van der Waals surface area contributed by atoms with Crippen molar-refractivity contribution in [1.82, 2.24) is 13.9 Å². The molecule has 0 aromatic rings. The zero-order chi connectivity index (χ0) is 13.8. The maximum atomic E-state index is 12.1. The first-order valence-corrected chi connectivity index (χ1v) is 8.30. The molecule has 0 spiro atoms. The first-order valence-electron chi connectivity index (χ1n) is 6.86. The molecule has 18 heavy (non-hydrogen) atoms. The molecule has 0 bridgehead atoms. The molecule has 0 aromatic heterocycles. The van der Waals surface area contributed by atoms with Crippen molar-refractivity contribution in [2.24, 2.45) is 5.92 Å². The molecule has 1 fully saturated rings. The summed E-state index contributed by atoms with van der Waals surface area (Å²) in [6.45, 7) is 9.64. The fourth-order valence-corrected chi connectivity index (χ4v) is 3.50. The highest BCUT2D eigenvalue weighted by molar-refractivity contribution is 7.87. The third kappa shape index (κ3) is 4.19. The Hall–Kier alpha value is -0.170. The van der Waals surface area contributed by atoms with Gasteiger partial charge in [-0.3, -0.25) is 0 Å². The van der Waals surface area contributed by atoms with Gasteiger partial charge >= 0.3 is 0 Å². The van der Waals surface area contributed by atoms with E-state index in [1.807, 2.05) is 0 Å². The van der Waals surface area contributed by atoms with E-state index in [0.29, 0.717) is 12.5 Å². The molecule has 5 nitrogen and oxygen atoms in total. The Kier molecular flexibility index (Phi) is 6.04. The first-order chi connectivity index (χ1) is 8.40. The lowest BCUT2D eigenvalue weighted by molar-refractivity contribution is 0.344. The van der Waals surface area contributed by atoms with E-state index < -0.39 is 10.2 Å². The minimum Gasteiger partial charge on any atom is -0.302 e. The van der Waals surface area contributed by atoms with Gasteiger partial charge in [0.15, 0.2) is 0 Å². The highest BCUT2D eigenvalue weighted by atomic mass is 32.2. The molecule has 108 valence electrons. The summed E-state index contributed by atoms with van der Waals surface area (Å²) in [5, 5.41) is 0. The van der Waals surface area contributed by atoms with Crippen molar-refractivity contribution in [2.75, 3.05) is 33.2 Å². The van der Waals surface area contributed by atoms with Crippen LogP contribution in [-0.4, -0.2) is 56.9 Å². The van der Waals surface area contributed by atoms with Crippen molar-refractivity contribution in [1.29, 1.82) is 0 Å². The Balaban J connectivity index is 2.55. The molecule has 1 aliphatic rings. The van der Waals surface area contributed by atoms with Crippen LogP contribution in [0.1, 0.15) is 33.6 Å². The first kappa shape index (κ1) is 15.9. The van der Waals surface area contributed by atoms with Crippen molar-refractivity contribution < 1.29 is 8.42 Å². The molecule has 0 radical (unpaired) electrons. The van der Waals surface area contributed by atoms with Crippen LogP contribution in [0.2, 0.25) is 0 Å². The van der Waals surface area contributed by atoms with Gasteiger partial charge in [-0.05, 0) is 18.9 Å². The van der Waals surface area contributed by atoms with Crippen molar-refractivity contribution >= 4 is 10.2 Å². The lowest BCUT2D eigenvalue weighted by Gasteiger charge is -2.22. The SMILES string of the molecule is CCCCN(C)S(=O)(=O)N[C@@H]1CN(CC)C[C@@H]1C. The van der Waals surface area contributed by atoms with Crippen LogP contribution in [0.3, 0.4) is 0 Å². The molecule has 1 saturated heterocycles. The van der Waals surface area contributed by atoms with E-state index in [1.165, 1.54) is 4.31 Å². The second-order valence-corrected chi connectivity index (χ2v) is 7.04. The third-order valence-corrected chi connectivity index (χ3v) is 5.28. The Morgan fingerprint density at radius 1 is 1.33 bits per heavy atom. The summed E-state index contributed by atoms with van der Waals surface area (Å²) in [6.07, 6.45) is 1.90. The molecule has 1 aliphatic heterocycles. The zero-order valence-electron chi connectivity index (χ0n) is 12.0. The summed E-state index contributed by atoms with van der Waals surface area (Å²) in [4.78, 5) is 2.28. The van der Waals surface area contributed by atoms with Gasteiger partial charge in [0.2, 0.25) is 0 Å². The minimum absolute atomic E-state index is 0.0408. The fourth-order valence-electron chi connectivity index (χ4n) is 2.26. The standard InChI is InChI=1S/C12H27N3O2S/c1-5-7-8-14(4)18(16,17)13-12-10-15(6-2)9-11(12)3/h11-13H,5-10H2,1-4H3/t11-,12+/m0/s1. The number of likely N-dealkylation sites (tertiary alicyclic amines) is 1. The van der Waals surface area contributed by atoms with Crippen LogP contribution in [0, 0.1) is 5.92 Å². The van der Waals surface area contributed by atoms with E-state index in [4.69, 9.17) is 0 Å². The van der Waals surface area contributed by atoms with Gasteiger partial charge in [0.25, 0.3) is 10.2 Å². The smallest absolute Gasteiger partial charge is 0.279 e. The molecule has 0 amide bonds. The van der Waals surface area contributed by atoms with Crippen LogP contribution in [0.5, 0.6) is 0 Å². The van der Waals surface area contributed by atoms with Crippen LogP contribution in [0.15, 0.2) is 0 Å². The number of hydrogen-bond donors (Lipinski definition) is 1. The quantitative estimate of drug-likeness (QED) is 0.752. The van der Waals surface area contributed by atoms with Gasteiger partial charge in [0.1, 0.15) is 0 Å². The monoisotopic (exact) mass is 277 g/mol. The predicted molar refractivity (Wildman–Crippen MR) is 74.7 cm³/mol. The molecule has 1 heterocycles. The normalized spacial score (nSPS) is 26.1. The largest absolute Gasteiger partial charge is 0.302 e. The average Bonchev–Trinajstić information content (AvgIpc) is 2.66. The molecule has 0 aromatic carbocycles. The number of nitrogens with one attached hydrogen (secondary N) is 1. The summed E-state index contributed by atoms with van der Waals surface area (Å²) in [7, 11) is -1.68. The Morgan fingerprint density at radius 3 is 2.50 bits per heavy atom. The summed E-state index contributed by atoms with van der Waals surface area (Å²) in [5.74, 6) is 0.374. The van der Waals surface area contributed by atoms with E-state index in [1.54, 1.807) is 7.05 Å². The molecular formula is C12H27N3O2S. The van der Waals surface area contributed by atoms with Gasteiger partial charge in [-0.2, -0.15) is 17.4 Å². The van der Waals surface area contributed by atoms with Gasteiger partial charge < -0.3 is 4.90 Å². The maximum Gasteiger partial charge on any atom is 0.279 e. The number of likely N-dealkylation sites (N-methyl/N-ethyl adjacent to an activating group) is 1. The van der Waals surface area contributed by atoms with Crippen molar-refractivity contribution in [3.8, 4) is 0 Å². The second-order valence-electron chi connectivity index (χ2n) is 5.23. The van der Waals surface area contributed by atoms with E-state index in [9.17, 15) is 8.42 Å². The van der Waals surface area contributed by atoms with Gasteiger partial charge in [-0.1, -0.05) is 27.2 Å². The molecule has 1 rings (SSSR count). The Morgan fingerprint density at radius 2 is 2.00 bits per heavy atom. The summed E-state index contributed by atoms with van der Waals surface area (Å²) in [6, 6.07) is 0.0408. The highest BCUT2D eigenvalue weighted by Crippen LogP contribution is 2.17. The van der Waals surface area contributed by atoms with Gasteiger partial charge in [-0.15, -0.1) is 0 Å². The molecule has 0 saturated carbocycles. The number of unbranched alkanes of at least 4 members (excludes halogenated alkanes) is 1. The molecule has 6 heteroatoms. The Bertz CT molecular complexity index is 345. The van der Waals surface area contributed by atoms with Crippen LogP contribution >= 0.6 is 0 Å². The van der Waals surface area contributed by atoms with Crippen LogP contribution in [0.4, 0.5) is 0 Å². The predicted octanol–water partition coefficient (Wildman–Crippen LogP) is 0.893. The summed E-state index contributed by atoms with van der Waals surface area (Å²) >= 11 is 0. The minimum atomic E-state index is -3.32. The van der Waals surface area contributed by atoms with Crippen molar-refractivity contribution in [3.05, 3.63) is 0 Å². The third-order valence-electron chi connectivity index (χ3n) is 3.67. The second kappa shape index (κ2) is 6.84. The van der Waals surface area contributed by atoms with Gasteiger partial charge in [0.05, 0.1) is 0 Å². The Labute approximate surface area is 112 Å². The molecule has 0 aliphatic carbocycles. The van der Waals surface area contributed by atoms with Gasteiger partial charge in [0, 0.05) is 32.7 Å². The highest BCUT2D eigenvalue weighted by Gasteiger charge is 2.32. The van der Waals surface area contributed by atoms with E-state index >= 15 is 0 Å². The zero-order valence-corrected chi connectivity index (χ0v) is 12.8. The molecule has 2 atom stereocenters. The fraction of sp³-hybridized carbons (Fsp3) is 1.00. The molecule has 1 N–H and O–H groups in total. The van der Waals surface area contributed by atoms with Crippen molar-refractivity contribution in [3.63, 3.8) is 0 Å². The number of nitrogens with zero attached hydrogens (tertiary/aromatic N) is 2. The summed E-state index contributed by atoms with van der Waals surface area (Å²) < 4.78 is 28.5. The van der Waals surface area contributed by atoms with E-state index in [2.05, 4.69) is 30.4 Å². The van der Waals surface area contributed by atoms with Crippen molar-refractivity contribution in [2.45, 2.75) is 39.7 Å². The van der Waals surface area contributed by atoms with Crippen LogP contribution < -0.4 is 4.72 Å². The van der Waals surface area contributed by atoms with E-state index in [-0.39, 0.29) is 6.04 Å². The number of hydrogen-bond acceptors (Lipinski definition) is 3. The topological polar surface area (TPSA) is 52.7 Å². The van der Waals surface area contributed by atoms with Crippen LogP contribution in [0.25, 0.3) is 0 Å². The summed E-state index contributed by atoms with van der Waals surface area (Å²) in [5.41, 5.74) is 0. The molecule has 0 unspecified atom stereocenters. The van der Waals surface area contributed by atoms with Gasteiger partial charge in [-0.25, -0.2) is 0 Å². The average molecular weight is 277 g/mol. The van der Waals surface area contributed by atoms with E-state index in [0.717, 1.165) is 32.5 Å². The lowest BCUT2D eigenvalue weighted by atomic mass is 10.1. The number of rotatable bonds is 7. The maximum absolute atomic E-state index is 12.1. The lowest BCUT2D eigenvalue weighted by Crippen LogP contribution is -2.46. The van der Waals surface area contributed by atoms with Crippen LogP contribution in [-0.2, 0) is 10.2 Å².